The van der Waals surface area contributed by atoms with Gasteiger partial charge in [-0.3, -0.25) is 0 Å². The molecule has 9 heteroatoms. The van der Waals surface area contributed by atoms with E-state index in [9.17, 15) is 17.2 Å². The summed E-state index contributed by atoms with van der Waals surface area (Å²) in [5, 5.41) is 0. The largest absolute Gasteiger partial charge is 0.329 e. The monoisotopic (exact) mass is 418 g/mol. The molecule has 1 aromatic rings. The van der Waals surface area contributed by atoms with Crippen molar-refractivity contribution in [3.8, 4) is 0 Å². The van der Waals surface area contributed by atoms with Gasteiger partial charge in [0.2, 0.25) is 10.0 Å². The van der Waals surface area contributed by atoms with Crippen molar-refractivity contribution in [2.24, 2.45) is 11.7 Å². The molecule has 1 saturated carbocycles. The first-order valence-electron chi connectivity index (χ1n) is 6.72. The lowest BCUT2D eigenvalue weighted by molar-refractivity contribution is 0.404. The standard InChI is InChI=1S/C13H17BrF2N2O2S.ClH/c14-9-5-11(16)13(6-10(9)15)21(19,20)18-12(7-17)8-3-1-2-4-8;/h5-6,8,12,18H,1-4,7,17H2;1H. The summed E-state index contributed by atoms with van der Waals surface area (Å²) in [6, 6.07) is 1.02. The van der Waals surface area contributed by atoms with E-state index < -0.39 is 32.6 Å². The summed E-state index contributed by atoms with van der Waals surface area (Å²) in [5.41, 5.74) is 5.63. The van der Waals surface area contributed by atoms with Gasteiger partial charge in [-0.25, -0.2) is 21.9 Å². The number of nitrogens with one attached hydrogen (secondary N) is 1. The fourth-order valence-corrected chi connectivity index (χ4v) is 4.37. The van der Waals surface area contributed by atoms with Crippen molar-refractivity contribution >= 4 is 38.4 Å². The van der Waals surface area contributed by atoms with Crippen molar-refractivity contribution in [2.45, 2.75) is 36.6 Å². The molecule has 0 radical (unpaired) electrons. The molecule has 1 unspecified atom stereocenters. The van der Waals surface area contributed by atoms with Crippen LogP contribution in [0.2, 0.25) is 0 Å². The van der Waals surface area contributed by atoms with E-state index in [1.54, 1.807) is 0 Å². The van der Waals surface area contributed by atoms with Crippen LogP contribution < -0.4 is 10.5 Å². The maximum absolute atomic E-state index is 13.8. The van der Waals surface area contributed by atoms with Gasteiger partial charge in [0, 0.05) is 12.6 Å². The van der Waals surface area contributed by atoms with Crippen LogP contribution in [0.1, 0.15) is 25.7 Å². The van der Waals surface area contributed by atoms with Gasteiger partial charge in [0.1, 0.15) is 16.5 Å². The fraction of sp³-hybridized carbons (Fsp3) is 0.538. The molecule has 0 saturated heterocycles. The summed E-state index contributed by atoms with van der Waals surface area (Å²) in [7, 11) is -4.14. The van der Waals surface area contributed by atoms with Crippen LogP contribution in [-0.4, -0.2) is 21.0 Å². The first-order valence-corrected chi connectivity index (χ1v) is 8.99. The van der Waals surface area contributed by atoms with Gasteiger partial charge in [-0.2, -0.15) is 0 Å². The summed E-state index contributed by atoms with van der Waals surface area (Å²) in [5.74, 6) is -1.69. The normalized spacial score (nSPS) is 17.3. The van der Waals surface area contributed by atoms with Gasteiger partial charge in [0.25, 0.3) is 0 Å². The van der Waals surface area contributed by atoms with Gasteiger partial charge in [-0.15, -0.1) is 12.4 Å². The fourth-order valence-electron chi connectivity index (χ4n) is 2.67. The number of hydrogen-bond donors (Lipinski definition) is 2. The molecular weight excluding hydrogens is 402 g/mol. The molecule has 1 fully saturated rings. The van der Waals surface area contributed by atoms with Crippen LogP contribution >= 0.6 is 28.3 Å². The molecule has 0 amide bonds. The quantitative estimate of drug-likeness (QED) is 0.721. The van der Waals surface area contributed by atoms with E-state index in [0.717, 1.165) is 31.7 Å². The Morgan fingerprint density at radius 3 is 2.41 bits per heavy atom. The predicted octanol–water partition coefficient (Wildman–Crippen LogP) is 2.94. The molecule has 2 rings (SSSR count). The molecule has 22 heavy (non-hydrogen) atoms. The van der Waals surface area contributed by atoms with Crippen LogP contribution in [0, 0.1) is 17.6 Å². The Morgan fingerprint density at radius 1 is 1.27 bits per heavy atom. The minimum Gasteiger partial charge on any atom is -0.329 e. The first-order chi connectivity index (χ1) is 9.85. The van der Waals surface area contributed by atoms with E-state index in [2.05, 4.69) is 20.7 Å². The maximum Gasteiger partial charge on any atom is 0.243 e. The summed E-state index contributed by atoms with van der Waals surface area (Å²) < 4.78 is 54.1. The third-order valence-corrected chi connectivity index (χ3v) is 5.91. The lowest BCUT2D eigenvalue weighted by atomic mass is 9.99. The highest BCUT2D eigenvalue weighted by atomic mass is 79.9. The number of benzene rings is 1. The maximum atomic E-state index is 13.8. The molecule has 0 aliphatic heterocycles. The van der Waals surface area contributed by atoms with Gasteiger partial charge >= 0.3 is 0 Å². The van der Waals surface area contributed by atoms with Gasteiger partial charge in [0.05, 0.1) is 4.47 Å². The Hall–Kier alpha value is -0.280. The van der Waals surface area contributed by atoms with E-state index in [1.165, 1.54) is 0 Å². The minimum absolute atomic E-state index is 0. The highest BCUT2D eigenvalue weighted by molar-refractivity contribution is 9.10. The van der Waals surface area contributed by atoms with Crippen molar-refractivity contribution < 1.29 is 17.2 Å². The Balaban J connectivity index is 0.00000242. The molecule has 4 nitrogen and oxygen atoms in total. The Bertz CT molecular complexity index is 625. The third-order valence-electron chi connectivity index (χ3n) is 3.79. The van der Waals surface area contributed by atoms with Crippen LogP contribution in [0.4, 0.5) is 8.78 Å². The zero-order chi connectivity index (χ0) is 15.6. The smallest absolute Gasteiger partial charge is 0.243 e. The SMILES string of the molecule is Cl.NCC(NS(=O)(=O)c1cc(F)c(Br)cc1F)C1CCCC1. The molecule has 126 valence electrons. The number of hydrogen-bond acceptors (Lipinski definition) is 3. The average molecular weight is 420 g/mol. The van der Waals surface area contributed by atoms with Crippen molar-refractivity contribution in [1.82, 2.24) is 4.72 Å². The molecule has 0 spiro atoms. The molecule has 1 aliphatic rings. The lowest BCUT2D eigenvalue weighted by Gasteiger charge is -2.23. The van der Waals surface area contributed by atoms with Crippen LogP contribution in [0.25, 0.3) is 0 Å². The molecule has 1 aromatic carbocycles. The van der Waals surface area contributed by atoms with Crippen LogP contribution in [0.5, 0.6) is 0 Å². The van der Waals surface area contributed by atoms with Crippen molar-refractivity contribution in [1.29, 1.82) is 0 Å². The second-order valence-corrected chi connectivity index (χ2v) is 7.74. The summed E-state index contributed by atoms with van der Waals surface area (Å²) >= 11 is 2.82. The summed E-state index contributed by atoms with van der Waals surface area (Å²) in [6.45, 7) is 0.129. The van der Waals surface area contributed by atoms with Crippen molar-refractivity contribution in [2.75, 3.05) is 6.54 Å². The Morgan fingerprint density at radius 2 is 1.86 bits per heavy atom. The van der Waals surface area contributed by atoms with Gasteiger partial charge in [-0.05, 0) is 46.8 Å². The average Bonchev–Trinajstić information content (AvgIpc) is 2.94. The Labute approximate surface area is 143 Å². The van der Waals surface area contributed by atoms with E-state index in [1.807, 2.05) is 0 Å². The zero-order valence-corrected chi connectivity index (χ0v) is 14.9. The van der Waals surface area contributed by atoms with Gasteiger partial charge in [0.15, 0.2) is 0 Å². The second kappa shape index (κ2) is 8.01. The molecule has 1 aliphatic carbocycles. The van der Waals surface area contributed by atoms with E-state index in [4.69, 9.17) is 5.73 Å². The lowest BCUT2D eigenvalue weighted by Crippen LogP contribution is -2.44. The topological polar surface area (TPSA) is 72.2 Å². The molecular formula is C13H18BrClF2N2O2S. The predicted molar refractivity (Wildman–Crippen MR) is 86.4 cm³/mol. The van der Waals surface area contributed by atoms with Crippen molar-refractivity contribution in [3.63, 3.8) is 0 Å². The molecule has 1 atom stereocenters. The van der Waals surface area contributed by atoms with Crippen molar-refractivity contribution in [3.05, 3.63) is 28.2 Å². The van der Waals surface area contributed by atoms with Gasteiger partial charge < -0.3 is 5.73 Å². The zero-order valence-electron chi connectivity index (χ0n) is 11.7. The summed E-state index contributed by atoms with van der Waals surface area (Å²) in [6.07, 6.45) is 3.84. The number of sulfonamides is 1. The summed E-state index contributed by atoms with van der Waals surface area (Å²) in [4.78, 5) is -0.695. The highest BCUT2D eigenvalue weighted by Crippen LogP contribution is 2.29. The first kappa shape index (κ1) is 19.8. The van der Waals surface area contributed by atoms with E-state index in [0.29, 0.717) is 6.07 Å². The van der Waals surface area contributed by atoms with Crippen LogP contribution in [0.3, 0.4) is 0 Å². The van der Waals surface area contributed by atoms with E-state index >= 15 is 0 Å². The molecule has 0 bridgehead atoms. The number of rotatable bonds is 5. The minimum atomic E-state index is -4.14. The van der Waals surface area contributed by atoms with Crippen LogP contribution in [0.15, 0.2) is 21.5 Å². The molecule has 3 N–H and O–H groups in total. The van der Waals surface area contributed by atoms with Gasteiger partial charge in [-0.1, -0.05) is 12.8 Å². The number of halogens is 4. The molecule has 0 heterocycles. The number of nitrogens with two attached hydrogens (primary N) is 1. The second-order valence-electron chi connectivity index (χ2n) is 5.20. The molecule has 0 aromatic heterocycles. The van der Waals surface area contributed by atoms with E-state index in [-0.39, 0.29) is 29.3 Å². The Kier molecular flexibility index (Phi) is 7.20. The third kappa shape index (κ3) is 4.38. The highest BCUT2D eigenvalue weighted by Gasteiger charge is 2.30. The van der Waals surface area contributed by atoms with Crippen LogP contribution in [-0.2, 0) is 10.0 Å².